The molecule has 3 N–H and O–H groups in total. The maximum atomic E-state index is 10.6. The maximum absolute atomic E-state index is 10.6. The number of carboxylic acid groups (broad SMARTS) is 1. The SMILES string of the molecule is C=CC1CC(O)[C@H](CC=CCCCC(=O)O)[C@H]1C=C[C@@H](O)CCc1cc(Br)c(C)s1. The van der Waals surface area contributed by atoms with Gasteiger partial charge in [0.05, 0.1) is 12.2 Å². The molecule has 0 amide bonds. The summed E-state index contributed by atoms with van der Waals surface area (Å²) in [7, 11) is 0. The largest absolute Gasteiger partial charge is 0.481 e. The monoisotopic (exact) mass is 496 g/mol. The molecule has 0 saturated heterocycles. The third-order valence-corrected chi connectivity index (χ3v) is 7.98. The third kappa shape index (κ3) is 7.80. The molecule has 1 fully saturated rings. The van der Waals surface area contributed by atoms with E-state index in [1.54, 1.807) is 11.3 Å². The van der Waals surface area contributed by atoms with Crippen molar-refractivity contribution < 1.29 is 20.1 Å². The van der Waals surface area contributed by atoms with E-state index in [1.807, 2.05) is 18.2 Å². The highest BCUT2D eigenvalue weighted by atomic mass is 79.9. The summed E-state index contributed by atoms with van der Waals surface area (Å²) >= 11 is 5.29. The molecule has 0 aliphatic heterocycles. The Morgan fingerprint density at radius 2 is 2.20 bits per heavy atom. The summed E-state index contributed by atoms with van der Waals surface area (Å²) in [5.41, 5.74) is 0. The zero-order valence-electron chi connectivity index (χ0n) is 17.5. The van der Waals surface area contributed by atoms with E-state index in [9.17, 15) is 15.0 Å². The first-order valence-electron chi connectivity index (χ1n) is 10.6. The number of unbranched alkanes of at least 4 members (excludes halogenated alkanes) is 1. The first kappa shape index (κ1) is 25.1. The number of carbonyl (C=O) groups is 1. The van der Waals surface area contributed by atoms with Gasteiger partial charge in [0.15, 0.2) is 0 Å². The van der Waals surface area contributed by atoms with E-state index in [2.05, 4.69) is 47.7 Å². The van der Waals surface area contributed by atoms with Gasteiger partial charge in [-0.15, -0.1) is 17.9 Å². The minimum atomic E-state index is -0.769. The van der Waals surface area contributed by atoms with E-state index in [-0.39, 0.29) is 24.2 Å². The van der Waals surface area contributed by atoms with Gasteiger partial charge < -0.3 is 15.3 Å². The summed E-state index contributed by atoms with van der Waals surface area (Å²) in [5, 5.41) is 29.6. The summed E-state index contributed by atoms with van der Waals surface area (Å²) in [6.45, 7) is 6.01. The smallest absolute Gasteiger partial charge is 0.303 e. The van der Waals surface area contributed by atoms with Crippen LogP contribution in [0.15, 0.2) is 47.5 Å². The molecule has 0 radical (unpaired) electrons. The molecule has 1 aliphatic carbocycles. The minimum Gasteiger partial charge on any atom is -0.481 e. The lowest BCUT2D eigenvalue weighted by atomic mass is 9.86. The Balaban J connectivity index is 1.89. The van der Waals surface area contributed by atoms with Gasteiger partial charge in [0.1, 0.15) is 0 Å². The molecular formula is C24H33BrO4S. The Bertz CT molecular complexity index is 735. The molecule has 1 aliphatic rings. The number of rotatable bonds is 12. The van der Waals surface area contributed by atoms with Gasteiger partial charge in [0.2, 0.25) is 0 Å². The van der Waals surface area contributed by atoms with Crippen molar-refractivity contribution in [2.45, 2.75) is 64.1 Å². The minimum absolute atomic E-state index is 0.0862. The molecule has 0 aromatic carbocycles. The topological polar surface area (TPSA) is 77.8 Å². The number of thiophene rings is 1. The number of aryl methyl sites for hydroxylation is 2. The highest BCUT2D eigenvalue weighted by Gasteiger charge is 2.38. The van der Waals surface area contributed by atoms with Crippen molar-refractivity contribution in [3.8, 4) is 0 Å². The molecule has 5 atom stereocenters. The van der Waals surface area contributed by atoms with Gasteiger partial charge in [-0.25, -0.2) is 0 Å². The van der Waals surface area contributed by atoms with Crippen molar-refractivity contribution in [1.29, 1.82) is 0 Å². The Morgan fingerprint density at radius 1 is 1.43 bits per heavy atom. The molecule has 6 heteroatoms. The number of hydrogen-bond acceptors (Lipinski definition) is 4. The van der Waals surface area contributed by atoms with Crippen LogP contribution >= 0.6 is 27.3 Å². The van der Waals surface area contributed by atoms with E-state index in [0.717, 1.165) is 23.7 Å². The Labute approximate surface area is 192 Å². The predicted molar refractivity (Wildman–Crippen MR) is 127 cm³/mol. The average molecular weight is 497 g/mol. The van der Waals surface area contributed by atoms with Crippen molar-refractivity contribution in [3.63, 3.8) is 0 Å². The van der Waals surface area contributed by atoms with Gasteiger partial charge >= 0.3 is 5.97 Å². The van der Waals surface area contributed by atoms with E-state index in [0.29, 0.717) is 19.3 Å². The van der Waals surface area contributed by atoms with Crippen molar-refractivity contribution in [3.05, 3.63) is 57.3 Å². The van der Waals surface area contributed by atoms with Crippen LogP contribution in [-0.4, -0.2) is 33.5 Å². The lowest BCUT2D eigenvalue weighted by molar-refractivity contribution is -0.137. The van der Waals surface area contributed by atoms with Gasteiger partial charge in [-0.3, -0.25) is 4.79 Å². The lowest BCUT2D eigenvalue weighted by Crippen LogP contribution is -2.18. The van der Waals surface area contributed by atoms with Crippen LogP contribution < -0.4 is 0 Å². The summed E-state index contributed by atoms with van der Waals surface area (Å²) < 4.78 is 1.13. The van der Waals surface area contributed by atoms with Crippen LogP contribution in [0.25, 0.3) is 0 Å². The van der Waals surface area contributed by atoms with Crippen molar-refractivity contribution in [1.82, 2.24) is 0 Å². The normalized spacial score (nSPS) is 25.3. The molecular weight excluding hydrogens is 464 g/mol. The second-order valence-corrected chi connectivity index (χ2v) is 10.2. The van der Waals surface area contributed by atoms with Crippen LogP contribution in [-0.2, 0) is 11.2 Å². The highest BCUT2D eigenvalue weighted by molar-refractivity contribution is 9.10. The molecule has 2 unspecified atom stereocenters. The molecule has 1 aromatic rings. The Kier molecular flexibility index (Phi) is 10.5. The van der Waals surface area contributed by atoms with Gasteiger partial charge in [-0.1, -0.05) is 30.4 Å². The quantitative estimate of drug-likeness (QED) is 0.257. The van der Waals surface area contributed by atoms with E-state index in [4.69, 9.17) is 5.11 Å². The number of halogens is 1. The molecule has 2 rings (SSSR count). The zero-order valence-corrected chi connectivity index (χ0v) is 19.9. The number of carboxylic acids is 1. The fourth-order valence-electron chi connectivity index (χ4n) is 4.06. The van der Waals surface area contributed by atoms with Crippen LogP contribution in [0.5, 0.6) is 0 Å². The summed E-state index contributed by atoms with van der Waals surface area (Å²) in [6.07, 6.45) is 13.5. The number of aliphatic carboxylic acids is 1. The van der Waals surface area contributed by atoms with E-state index in [1.165, 1.54) is 9.75 Å². The van der Waals surface area contributed by atoms with Crippen LogP contribution in [0.3, 0.4) is 0 Å². The molecule has 1 saturated carbocycles. The molecule has 166 valence electrons. The number of aliphatic hydroxyl groups excluding tert-OH is 2. The van der Waals surface area contributed by atoms with E-state index < -0.39 is 18.2 Å². The third-order valence-electron chi connectivity index (χ3n) is 5.79. The fraction of sp³-hybridized carbons (Fsp3) is 0.542. The first-order chi connectivity index (χ1) is 14.3. The van der Waals surface area contributed by atoms with Crippen molar-refractivity contribution in [2.75, 3.05) is 0 Å². The summed E-state index contributed by atoms with van der Waals surface area (Å²) in [6, 6.07) is 2.12. The summed E-state index contributed by atoms with van der Waals surface area (Å²) in [4.78, 5) is 13.1. The fourth-order valence-corrected chi connectivity index (χ4v) is 5.68. The average Bonchev–Trinajstić information content (AvgIpc) is 3.19. The van der Waals surface area contributed by atoms with Crippen molar-refractivity contribution >= 4 is 33.2 Å². The van der Waals surface area contributed by atoms with Crippen LogP contribution in [0.1, 0.15) is 48.3 Å². The Morgan fingerprint density at radius 3 is 2.83 bits per heavy atom. The molecule has 0 bridgehead atoms. The van der Waals surface area contributed by atoms with Crippen molar-refractivity contribution in [2.24, 2.45) is 17.8 Å². The second-order valence-electron chi connectivity index (χ2n) is 8.04. The van der Waals surface area contributed by atoms with Gasteiger partial charge in [-0.2, -0.15) is 0 Å². The first-order valence-corrected chi connectivity index (χ1v) is 12.2. The summed E-state index contributed by atoms with van der Waals surface area (Å²) in [5.74, 6) is -0.337. The van der Waals surface area contributed by atoms with Gasteiger partial charge in [0.25, 0.3) is 0 Å². The van der Waals surface area contributed by atoms with Crippen LogP contribution in [0.4, 0.5) is 0 Å². The molecule has 4 nitrogen and oxygen atoms in total. The standard InChI is InChI=1S/C24H33BrO4S/c1-3-17-14-23(27)21(8-6-4-5-7-9-24(28)29)20(17)13-11-18(26)10-12-19-15-22(25)16(2)30-19/h3-4,6,11,13,15,17-18,20-21,23,26-27H,1,5,7-10,12,14H2,2H3,(H,28,29)/t17?,18-,20-,21+,23?/m0/s1. The zero-order chi connectivity index (χ0) is 22.1. The molecule has 1 heterocycles. The molecule has 1 aromatic heterocycles. The van der Waals surface area contributed by atoms with Gasteiger partial charge in [-0.05, 0) is 85.2 Å². The van der Waals surface area contributed by atoms with Crippen LogP contribution in [0, 0.1) is 24.7 Å². The predicted octanol–water partition coefficient (Wildman–Crippen LogP) is 5.67. The Hall–Kier alpha value is -1.21. The number of allylic oxidation sites excluding steroid dienone is 4. The lowest BCUT2D eigenvalue weighted by Gasteiger charge is -2.20. The number of hydrogen-bond donors (Lipinski definition) is 3. The number of aliphatic hydroxyl groups is 2. The van der Waals surface area contributed by atoms with Gasteiger partial charge in [0, 0.05) is 20.6 Å². The van der Waals surface area contributed by atoms with Crippen LogP contribution in [0.2, 0.25) is 0 Å². The highest BCUT2D eigenvalue weighted by Crippen LogP contribution is 2.41. The molecule has 30 heavy (non-hydrogen) atoms. The molecule has 0 spiro atoms. The van der Waals surface area contributed by atoms with E-state index >= 15 is 0 Å². The maximum Gasteiger partial charge on any atom is 0.303 e. The second kappa shape index (κ2) is 12.6.